The summed E-state index contributed by atoms with van der Waals surface area (Å²) in [6, 6.07) is 6.44. The van der Waals surface area contributed by atoms with E-state index in [0.717, 1.165) is 24.1 Å². The number of amides is 2. The van der Waals surface area contributed by atoms with Crippen LogP contribution in [0.1, 0.15) is 24.8 Å². The normalized spacial score (nSPS) is 20.8. The zero-order chi connectivity index (χ0) is 15.0. The molecule has 0 bridgehead atoms. The molecule has 3 rings (SSSR count). The van der Waals surface area contributed by atoms with Crippen LogP contribution >= 0.6 is 0 Å². The SMILES string of the molecule is CN(CC1CCC1)C(=O)N1c2ccccc2CC1C(=O)O. The van der Waals surface area contributed by atoms with E-state index in [1.165, 1.54) is 11.3 Å². The summed E-state index contributed by atoms with van der Waals surface area (Å²) in [7, 11) is 1.76. The van der Waals surface area contributed by atoms with Gasteiger partial charge in [-0.1, -0.05) is 24.6 Å². The van der Waals surface area contributed by atoms with E-state index in [4.69, 9.17) is 0 Å². The molecule has 1 unspecified atom stereocenters. The number of hydrogen-bond donors (Lipinski definition) is 1. The average Bonchev–Trinajstić information content (AvgIpc) is 2.81. The lowest BCUT2D eigenvalue weighted by Crippen LogP contribution is -2.49. The highest BCUT2D eigenvalue weighted by molar-refractivity contribution is 6.00. The Bertz CT molecular complexity index is 568. The van der Waals surface area contributed by atoms with Crippen molar-refractivity contribution in [1.82, 2.24) is 4.90 Å². The van der Waals surface area contributed by atoms with Gasteiger partial charge in [0.05, 0.1) is 0 Å². The molecule has 1 aromatic rings. The molecule has 1 heterocycles. The lowest BCUT2D eigenvalue weighted by molar-refractivity contribution is -0.138. The summed E-state index contributed by atoms with van der Waals surface area (Å²) in [5.41, 5.74) is 1.66. The topological polar surface area (TPSA) is 60.9 Å². The van der Waals surface area contributed by atoms with Crippen LogP contribution in [0.25, 0.3) is 0 Å². The van der Waals surface area contributed by atoms with Gasteiger partial charge in [-0.2, -0.15) is 0 Å². The first-order valence-corrected chi connectivity index (χ1v) is 7.43. The Kier molecular flexibility index (Phi) is 3.57. The van der Waals surface area contributed by atoms with E-state index >= 15 is 0 Å². The molecular formula is C16H20N2O3. The predicted molar refractivity (Wildman–Crippen MR) is 79.4 cm³/mol. The number of benzene rings is 1. The van der Waals surface area contributed by atoms with E-state index in [-0.39, 0.29) is 6.03 Å². The summed E-state index contributed by atoms with van der Waals surface area (Å²) < 4.78 is 0. The van der Waals surface area contributed by atoms with Crippen molar-refractivity contribution in [2.45, 2.75) is 31.7 Å². The van der Waals surface area contributed by atoms with Crippen molar-refractivity contribution < 1.29 is 14.7 Å². The van der Waals surface area contributed by atoms with Gasteiger partial charge >= 0.3 is 12.0 Å². The molecule has 5 nitrogen and oxygen atoms in total. The molecule has 1 aliphatic carbocycles. The van der Waals surface area contributed by atoms with Crippen LogP contribution in [-0.2, 0) is 11.2 Å². The molecule has 1 aromatic carbocycles. The largest absolute Gasteiger partial charge is 0.480 e. The van der Waals surface area contributed by atoms with Crippen molar-refractivity contribution in [2.75, 3.05) is 18.5 Å². The first kappa shape index (κ1) is 13.9. The first-order valence-electron chi connectivity index (χ1n) is 7.43. The minimum absolute atomic E-state index is 0.209. The van der Waals surface area contributed by atoms with Crippen molar-refractivity contribution in [3.63, 3.8) is 0 Å². The van der Waals surface area contributed by atoms with E-state index in [1.54, 1.807) is 11.9 Å². The number of carboxylic acid groups (broad SMARTS) is 1. The number of carbonyl (C=O) groups is 2. The van der Waals surface area contributed by atoms with Gasteiger partial charge in [0.15, 0.2) is 0 Å². The molecule has 21 heavy (non-hydrogen) atoms. The Morgan fingerprint density at radius 3 is 2.67 bits per heavy atom. The van der Waals surface area contributed by atoms with Gasteiger partial charge in [-0.15, -0.1) is 0 Å². The Morgan fingerprint density at radius 2 is 2.05 bits per heavy atom. The second-order valence-corrected chi connectivity index (χ2v) is 6.02. The van der Waals surface area contributed by atoms with Crippen molar-refractivity contribution in [3.8, 4) is 0 Å². The van der Waals surface area contributed by atoms with Gasteiger partial charge in [0, 0.05) is 25.7 Å². The monoisotopic (exact) mass is 288 g/mol. The number of urea groups is 1. The third-order valence-corrected chi connectivity index (χ3v) is 4.55. The fourth-order valence-electron chi connectivity index (χ4n) is 3.14. The molecular weight excluding hydrogens is 268 g/mol. The van der Waals surface area contributed by atoms with Crippen LogP contribution < -0.4 is 4.90 Å². The molecule has 5 heteroatoms. The fourth-order valence-corrected chi connectivity index (χ4v) is 3.14. The number of aliphatic carboxylic acids is 1. The highest BCUT2D eigenvalue weighted by atomic mass is 16.4. The summed E-state index contributed by atoms with van der Waals surface area (Å²) >= 11 is 0. The van der Waals surface area contributed by atoms with E-state index < -0.39 is 12.0 Å². The minimum Gasteiger partial charge on any atom is -0.480 e. The smallest absolute Gasteiger partial charge is 0.327 e. The molecule has 2 aliphatic rings. The zero-order valence-electron chi connectivity index (χ0n) is 12.2. The van der Waals surface area contributed by atoms with Crippen LogP contribution in [0.15, 0.2) is 24.3 Å². The number of carbonyl (C=O) groups excluding carboxylic acids is 1. The van der Waals surface area contributed by atoms with Crippen LogP contribution in [-0.4, -0.2) is 41.6 Å². The molecule has 112 valence electrons. The van der Waals surface area contributed by atoms with Crippen molar-refractivity contribution in [3.05, 3.63) is 29.8 Å². The Balaban J connectivity index is 1.82. The minimum atomic E-state index is -0.948. The summed E-state index contributed by atoms with van der Waals surface area (Å²) in [5, 5.41) is 9.41. The van der Waals surface area contributed by atoms with Gasteiger partial charge in [-0.05, 0) is 30.4 Å². The number of fused-ring (bicyclic) bond motifs is 1. The van der Waals surface area contributed by atoms with Gasteiger partial charge in [-0.25, -0.2) is 9.59 Å². The van der Waals surface area contributed by atoms with E-state index in [0.29, 0.717) is 18.9 Å². The Hall–Kier alpha value is -2.04. The predicted octanol–water partition coefficient (Wildman–Crippen LogP) is 2.35. The Morgan fingerprint density at radius 1 is 1.33 bits per heavy atom. The number of carboxylic acids is 1. The molecule has 0 radical (unpaired) electrons. The van der Waals surface area contributed by atoms with Crippen LogP contribution in [0.2, 0.25) is 0 Å². The molecule has 1 atom stereocenters. The summed E-state index contributed by atoms with van der Waals surface area (Å²) in [4.78, 5) is 27.3. The van der Waals surface area contributed by atoms with E-state index in [2.05, 4.69) is 0 Å². The number of nitrogens with zero attached hydrogens (tertiary/aromatic N) is 2. The van der Waals surface area contributed by atoms with Gasteiger partial charge in [-0.3, -0.25) is 4.90 Å². The fraction of sp³-hybridized carbons (Fsp3) is 0.500. The number of anilines is 1. The molecule has 1 aliphatic heterocycles. The highest BCUT2D eigenvalue weighted by Crippen LogP contribution is 2.34. The number of rotatable bonds is 3. The van der Waals surface area contributed by atoms with Gasteiger partial charge in [0.1, 0.15) is 6.04 Å². The van der Waals surface area contributed by atoms with E-state index in [9.17, 15) is 14.7 Å². The standard InChI is InChI=1S/C16H20N2O3/c1-17(10-11-5-4-6-11)16(21)18-13-8-3-2-7-12(13)9-14(18)15(19)20/h2-3,7-8,11,14H,4-6,9-10H2,1H3,(H,19,20). The maximum Gasteiger partial charge on any atom is 0.327 e. The quantitative estimate of drug-likeness (QED) is 0.928. The second kappa shape index (κ2) is 5.39. The third-order valence-electron chi connectivity index (χ3n) is 4.55. The summed E-state index contributed by atoms with van der Waals surface area (Å²) in [6.45, 7) is 0.712. The summed E-state index contributed by atoms with van der Waals surface area (Å²) in [6.07, 6.45) is 3.94. The third kappa shape index (κ3) is 2.48. The molecule has 2 amide bonds. The lowest BCUT2D eigenvalue weighted by atomic mass is 9.85. The van der Waals surface area contributed by atoms with Crippen LogP contribution in [0.3, 0.4) is 0 Å². The molecule has 1 N–H and O–H groups in total. The van der Waals surface area contributed by atoms with Gasteiger partial charge in [0.2, 0.25) is 0 Å². The molecule has 1 fully saturated rings. The van der Waals surface area contributed by atoms with Crippen LogP contribution in [0.5, 0.6) is 0 Å². The molecule has 1 saturated carbocycles. The second-order valence-electron chi connectivity index (χ2n) is 6.02. The van der Waals surface area contributed by atoms with Crippen molar-refractivity contribution in [2.24, 2.45) is 5.92 Å². The number of hydrogen-bond acceptors (Lipinski definition) is 2. The van der Waals surface area contributed by atoms with Crippen molar-refractivity contribution >= 4 is 17.7 Å². The maximum absolute atomic E-state index is 12.7. The molecule has 0 saturated heterocycles. The van der Waals surface area contributed by atoms with Crippen molar-refractivity contribution in [1.29, 1.82) is 0 Å². The maximum atomic E-state index is 12.7. The Labute approximate surface area is 124 Å². The van der Waals surface area contributed by atoms with Crippen LogP contribution in [0, 0.1) is 5.92 Å². The average molecular weight is 288 g/mol. The van der Waals surface area contributed by atoms with E-state index in [1.807, 2.05) is 24.3 Å². The summed E-state index contributed by atoms with van der Waals surface area (Å²) in [5.74, 6) is -0.378. The molecule has 0 spiro atoms. The highest BCUT2D eigenvalue weighted by Gasteiger charge is 2.39. The first-order chi connectivity index (χ1) is 10.1. The van der Waals surface area contributed by atoms with Crippen LogP contribution in [0.4, 0.5) is 10.5 Å². The lowest BCUT2D eigenvalue weighted by Gasteiger charge is -2.33. The molecule has 0 aromatic heterocycles. The number of para-hydroxylation sites is 1. The van der Waals surface area contributed by atoms with Gasteiger partial charge in [0.25, 0.3) is 0 Å². The zero-order valence-corrected chi connectivity index (χ0v) is 12.2. The van der Waals surface area contributed by atoms with Gasteiger partial charge < -0.3 is 10.0 Å².